The summed E-state index contributed by atoms with van der Waals surface area (Å²) < 4.78 is 31.0. The van der Waals surface area contributed by atoms with Crippen LogP contribution in [0.1, 0.15) is 95.1 Å². The summed E-state index contributed by atoms with van der Waals surface area (Å²) in [6.07, 6.45) is 4.75. The van der Waals surface area contributed by atoms with Crippen LogP contribution >= 0.6 is 0 Å². The molecular formula is C42H43F2N7O4. The number of anilines is 3. The standard InChI is InChI=1S/C42H43F2N7O4/c1-24(52)49-21-28-14-27(17-38(35(28)23-49)50-11-3-4-26-16-33(30-19-45-47(2)20-30)34(40(43)44)18-37(26)50)25-9-12-48(13-10-25)31-5-6-32-29(15-31)22-51(42(32)55)36-7-8-39(53)46-41(36)54/h5-6,14-20,25,36,40H,3-4,7-13,21-23H2,1-2H3,(H,46,53,54). The minimum absolute atomic E-state index is 0.00780. The van der Waals surface area contributed by atoms with Crippen LogP contribution in [0.15, 0.2) is 54.9 Å². The highest BCUT2D eigenvalue weighted by atomic mass is 19.3. The molecule has 0 radical (unpaired) electrons. The van der Waals surface area contributed by atoms with Crippen LogP contribution in [0.25, 0.3) is 11.1 Å². The van der Waals surface area contributed by atoms with Crippen LogP contribution < -0.4 is 15.1 Å². The van der Waals surface area contributed by atoms with E-state index in [9.17, 15) is 28.0 Å². The number of imide groups is 1. The number of aryl methyl sites for hydroxylation is 2. The SMILES string of the molecule is CC(=O)N1Cc2cc(C3CCN(c4ccc5c(c4)CN(C4CCC(=O)NC4=O)C5=O)CC3)cc(N3CCCc4cc(-c5cnn(C)c5)c(C(F)F)cc43)c2C1. The molecule has 0 aliphatic carbocycles. The Hall–Kier alpha value is -5.59. The molecule has 13 heteroatoms. The second-order valence-corrected chi connectivity index (χ2v) is 15.6. The third-order valence-corrected chi connectivity index (χ3v) is 12.2. The Balaban J connectivity index is 0.981. The number of nitrogens with zero attached hydrogens (tertiary/aromatic N) is 6. The van der Waals surface area contributed by atoms with E-state index in [0.29, 0.717) is 49.3 Å². The molecule has 0 bridgehead atoms. The highest BCUT2D eigenvalue weighted by Gasteiger charge is 2.39. The number of fused-ring (bicyclic) bond motifs is 3. The lowest BCUT2D eigenvalue weighted by Gasteiger charge is -2.36. The summed E-state index contributed by atoms with van der Waals surface area (Å²) in [5.74, 6) is -0.628. The second-order valence-electron chi connectivity index (χ2n) is 15.6. The zero-order valence-corrected chi connectivity index (χ0v) is 31.0. The molecule has 6 heterocycles. The maximum atomic E-state index is 14.7. The molecule has 5 aliphatic rings. The lowest BCUT2D eigenvalue weighted by Crippen LogP contribution is -2.52. The van der Waals surface area contributed by atoms with E-state index in [2.05, 4.69) is 38.4 Å². The predicted molar refractivity (Wildman–Crippen MR) is 202 cm³/mol. The second kappa shape index (κ2) is 13.6. The molecular weight excluding hydrogens is 705 g/mol. The predicted octanol–water partition coefficient (Wildman–Crippen LogP) is 6.12. The molecule has 0 saturated carbocycles. The molecule has 1 aromatic heterocycles. The summed E-state index contributed by atoms with van der Waals surface area (Å²) in [6, 6.07) is 13.3. The first-order chi connectivity index (χ1) is 26.5. The topological polar surface area (TPSA) is 111 Å². The summed E-state index contributed by atoms with van der Waals surface area (Å²) in [5.41, 5.74) is 9.92. The number of piperidine rings is 2. The number of carbonyl (C=O) groups is 4. The van der Waals surface area contributed by atoms with Crippen molar-refractivity contribution >= 4 is 40.7 Å². The molecule has 0 spiro atoms. The quantitative estimate of drug-likeness (QED) is 0.237. The molecule has 4 amide bonds. The molecule has 284 valence electrons. The van der Waals surface area contributed by atoms with Crippen molar-refractivity contribution in [2.24, 2.45) is 7.05 Å². The Morgan fingerprint density at radius 1 is 0.873 bits per heavy atom. The molecule has 5 aliphatic heterocycles. The monoisotopic (exact) mass is 747 g/mol. The Bertz CT molecular complexity index is 2260. The van der Waals surface area contributed by atoms with E-state index in [1.54, 1.807) is 42.0 Å². The van der Waals surface area contributed by atoms with E-state index in [1.807, 2.05) is 23.1 Å². The molecule has 1 unspecified atom stereocenters. The van der Waals surface area contributed by atoms with Gasteiger partial charge in [-0.05, 0) is 102 Å². The van der Waals surface area contributed by atoms with Gasteiger partial charge in [0.25, 0.3) is 12.3 Å². The van der Waals surface area contributed by atoms with Gasteiger partial charge in [-0.1, -0.05) is 6.07 Å². The molecule has 2 fully saturated rings. The van der Waals surface area contributed by atoms with Crippen molar-refractivity contribution in [1.82, 2.24) is 24.9 Å². The first kappa shape index (κ1) is 35.1. The third kappa shape index (κ3) is 6.23. The van der Waals surface area contributed by atoms with Gasteiger partial charge in [-0.25, -0.2) is 8.78 Å². The Kier molecular flexibility index (Phi) is 8.69. The van der Waals surface area contributed by atoms with Crippen LogP contribution in [-0.2, 0) is 47.5 Å². The van der Waals surface area contributed by atoms with E-state index < -0.39 is 18.4 Å². The number of halogens is 2. The molecule has 1 atom stereocenters. The lowest BCUT2D eigenvalue weighted by molar-refractivity contribution is -0.137. The normalized spacial score (nSPS) is 19.9. The number of alkyl halides is 2. The van der Waals surface area contributed by atoms with E-state index in [4.69, 9.17) is 0 Å². The van der Waals surface area contributed by atoms with Crippen LogP contribution in [0.5, 0.6) is 0 Å². The first-order valence-corrected chi connectivity index (χ1v) is 19.2. The van der Waals surface area contributed by atoms with Gasteiger partial charge in [-0.15, -0.1) is 0 Å². The summed E-state index contributed by atoms with van der Waals surface area (Å²) in [5, 5.41) is 6.60. The fraction of sp³-hybridized carbons (Fsp3) is 0.405. The maximum absolute atomic E-state index is 14.7. The molecule has 2 saturated heterocycles. The van der Waals surface area contributed by atoms with Crippen LogP contribution in [-0.4, -0.2) is 68.9 Å². The summed E-state index contributed by atoms with van der Waals surface area (Å²) in [7, 11) is 1.78. The number of aromatic nitrogens is 2. The van der Waals surface area contributed by atoms with Crippen molar-refractivity contribution in [3.8, 4) is 11.1 Å². The molecule has 1 N–H and O–H groups in total. The smallest absolute Gasteiger partial charge is 0.264 e. The van der Waals surface area contributed by atoms with E-state index in [1.165, 1.54) is 5.56 Å². The van der Waals surface area contributed by atoms with Gasteiger partial charge in [-0.2, -0.15) is 5.10 Å². The van der Waals surface area contributed by atoms with Gasteiger partial charge >= 0.3 is 0 Å². The van der Waals surface area contributed by atoms with Crippen molar-refractivity contribution in [2.75, 3.05) is 29.4 Å². The number of nitrogens with one attached hydrogen (secondary N) is 1. The summed E-state index contributed by atoms with van der Waals surface area (Å²) in [4.78, 5) is 58.1. The molecule has 55 heavy (non-hydrogen) atoms. The Morgan fingerprint density at radius 3 is 2.42 bits per heavy atom. The van der Waals surface area contributed by atoms with E-state index >= 15 is 0 Å². The highest BCUT2D eigenvalue weighted by Crippen LogP contribution is 2.46. The van der Waals surface area contributed by atoms with Gasteiger partial charge in [0.2, 0.25) is 17.7 Å². The first-order valence-electron chi connectivity index (χ1n) is 19.2. The number of benzene rings is 3. The Labute approximate surface area is 317 Å². The van der Waals surface area contributed by atoms with Crippen LogP contribution in [0.3, 0.4) is 0 Å². The molecule has 4 aromatic rings. The van der Waals surface area contributed by atoms with Crippen molar-refractivity contribution < 1.29 is 28.0 Å². The van der Waals surface area contributed by atoms with Gasteiger partial charge in [0.05, 0.1) is 6.20 Å². The fourth-order valence-electron chi connectivity index (χ4n) is 9.33. The van der Waals surface area contributed by atoms with Crippen molar-refractivity contribution in [3.05, 3.63) is 93.8 Å². The average molecular weight is 748 g/mol. The Morgan fingerprint density at radius 2 is 1.69 bits per heavy atom. The number of amides is 4. The molecule has 9 rings (SSSR count). The largest absolute Gasteiger partial charge is 0.371 e. The van der Waals surface area contributed by atoms with Crippen molar-refractivity contribution in [1.29, 1.82) is 0 Å². The lowest BCUT2D eigenvalue weighted by atomic mass is 9.86. The number of rotatable bonds is 6. The highest BCUT2D eigenvalue weighted by molar-refractivity contribution is 6.05. The zero-order valence-electron chi connectivity index (χ0n) is 31.0. The minimum atomic E-state index is -2.66. The van der Waals surface area contributed by atoms with E-state index in [-0.39, 0.29) is 35.6 Å². The fourth-order valence-corrected chi connectivity index (χ4v) is 9.33. The van der Waals surface area contributed by atoms with Gasteiger partial charge in [-0.3, -0.25) is 29.2 Å². The van der Waals surface area contributed by atoms with Gasteiger partial charge in [0, 0.05) is 105 Å². The molecule has 11 nitrogen and oxygen atoms in total. The van der Waals surface area contributed by atoms with Crippen molar-refractivity contribution in [2.45, 2.75) is 83.5 Å². The third-order valence-electron chi connectivity index (χ3n) is 12.2. The minimum Gasteiger partial charge on any atom is -0.371 e. The zero-order chi connectivity index (χ0) is 38.1. The van der Waals surface area contributed by atoms with Crippen LogP contribution in [0.4, 0.5) is 25.8 Å². The van der Waals surface area contributed by atoms with Gasteiger partial charge < -0.3 is 19.6 Å². The van der Waals surface area contributed by atoms with Crippen molar-refractivity contribution in [3.63, 3.8) is 0 Å². The van der Waals surface area contributed by atoms with Crippen LogP contribution in [0, 0.1) is 0 Å². The number of hydrogen-bond acceptors (Lipinski definition) is 7. The van der Waals surface area contributed by atoms with Gasteiger partial charge in [0.15, 0.2) is 0 Å². The summed E-state index contributed by atoms with van der Waals surface area (Å²) >= 11 is 0. The number of carbonyl (C=O) groups excluding carboxylic acids is 4. The van der Waals surface area contributed by atoms with Crippen LogP contribution in [0.2, 0.25) is 0 Å². The maximum Gasteiger partial charge on any atom is 0.264 e. The molecule has 3 aromatic carbocycles. The number of hydrogen-bond donors (Lipinski definition) is 1. The van der Waals surface area contributed by atoms with E-state index in [0.717, 1.165) is 78.1 Å². The average Bonchev–Trinajstić information content (AvgIpc) is 3.90. The summed E-state index contributed by atoms with van der Waals surface area (Å²) in [6.45, 7) is 5.25. The van der Waals surface area contributed by atoms with Gasteiger partial charge in [0.1, 0.15) is 6.04 Å².